The van der Waals surface area contributed by atoms with Gasteiger partial charge in [-0.2, -0.15) is 0 Å². The number of nitrogens with one attached hydrogen (secondary N) is 3. The van der Waals surface area contributed by atoms with Gasteiger partial charge in [-0.15, -0.1) is 0 Å². The van der Waals surface area contributed by atoms with Gasteiger partial charge in [0, 0.05) is 62.1 Å². The fourth-order valence-electron chi connectivity index (χ4n) is 4.16. The first-order valence-electron chi connectivity index (χ1n) is 10.7. The highest BCUT2D eigenvalue weighted by molar-refractivity contribution is 5.83. The summed E-state index contributed by atoms with van der Waals surface area (Å²) in [6.07, 6.45) is 4.24. The quantitative estimate of drug-likeness (QED) is 0.416. The van der Waals surface area contributed by atoms with Gasteiger partial charge in [-0.3, -0.25) is 4.99 Å². The molecule has 30 heavy (non-hydrogen) atoms. The topological polar surface area (TPSA) is 64.7 Å². The summed E-state index contributed by atoms with van der Waals surface area (Å²) in [4.78, 5) is 10.2. The van der Waals surface area contributed by atoms with Crippen LogP contribution in [0.4, 0.5) is 5.69 Å². The Kier molecular flexibility index (Phi) is 6.42. The lowest BCUT2D eigenvalue weighted by atomic mass is 10.1. The summed E-state index contributed by atoms with van der Waals surface area (Å²) in [5.41, 5.74) is 3.76. The highest BCUT2D eigenvalue weighted by Crippen LogP contribution is 2.26. The van der Waals surface area contributed by atoms with Crippen molar-refractivity contribution < 1.29 is 4.74 Å². The highest BCUT2D eigenvalue weighted by Gasteiger charge is 2.23. The highest BCUT2D eigenvalue weighted by atomic mass is 16.5. The van der Waals surface area contributed by atoms with Gasteiger partial charge in [-0.25, -0.2) is 0 Å². The van der Waals surface area contributed by atoms with Crippen molar-refractivity contribution in [1.82, 2.24) is 15.6 Å². The Labute approximate surface area is 178 Å². The molecule has 1 fully saturated rings. The van der Waals surface area contributed by atoms with E-state index >= 15 is 0 Å². The van der Waals surface area contributed by atoms with Crippen molar-refractivity contribution in [2.45, 2.75) is 12.8 Å². The van der Waals surface area contributed by atoms with Crippen LogP contribution in [0.25, 0.3) is 10.9 Å². The molecule has 0 aliphatic carbocycles. The number of rotatable bonds is 7. The number of hydrogen-bond donors (Lipinski definition) is 3. The van der Waals surface area contributed by atoms with E-state index in [0.29, 0.717) is 5.92 Å². The van der Waals surface area contributed by atoms with Crippen molar-refractivity contribution in [1.29, 1.82) is 0 Å². The smallest absolute Gasteiger partial charge is 0.190 e. The lowest BCUT2D eigenvalue weighted by Crippen LogP contribution is -2.41. The molecule has 3 N–H and O–H groups in total. The molecule has 0 amide bonds. The van der Waals surface area contributed by atoms with E-state index in [-0.39, 0.29) is 0 Å². The summed E-state index contributed by atoms with van der Waals surface area (Å²) in [6, 6.07) is 16.7. The third-order valence-electron chi connectivity index (χ3n) is 5.85. The van der Waals surface area contributed by atoms with E-state index in [1.807, 2.05) is 13.1 Å². The molecular formula is C24H31N5O. The van der Waals surface area contributed by atoms with Gasteiger partial charge in [0.1, 0.15) is 5.75 Å². The minimum absolute atomic E-state index is 0.600. The monoisotopic (exact) mass is 405 g/mol. The van der Waals surface area contributed by atoms with E-state index in [1.54, 1.807) is 7.11 Å². The lowest BCUT2D eigenvalue weighted by molar-refractivity contribution is 0.415. The number of anilines is 1. The molecule has 0 saturated carbocycles. The van der Waals surface area contributed by atoms with Crippen LogP contribution in [0.15, 0.2) is 59.7 Å². The number of H-pyrrole nitrogens is 1. The van der Waals surface area contributed by atoms with E-state index in [9.17, 15) is 0 Å². The average Bonchev–Trinajstić information content (AvgIpc) is 3.43. The van der Waals surface area contributed by atoms with Crippen LogP contribution in [0.1, 0.15) is 12.0 Å². The molecule has 0 radical (unpaired) electrons. The number of aromatic amines is 1. The first-order chi connectivity index (χ1) is 14.8. The molecular weight excluding hydrogens is 374 g/mol. The molecule has 3 aromatic rings. The van der Waals surface area contributed by atoms with Crippen LogP contribution >= 0.6 is 0 Å². The number of fused-ring (bicyclic) bond motifs is 1. The van der Waals surface area contributed by atoms with E-state index < -0.39 is 0 Å². The Morgan fingerprint density at radius 3 is 2.97 bits per heavy atom. The van der Waals surface area contributed by atoms with Gasteiger partial charge in [0.15, 0.2) is 5.96 Å². The van der Waals surface area contributed by atoms with Crippen molar-refractivity contribution in [2.75, 3.05) is 45.2 Å². The predicted octanol–water partition coefficient (Wildman–Crippen LogP) is 3.41. The maximum Gasteiger partial charge on any atom is 0.190 e. The summed E-state index contributed by atoms with van der Waals surface area (Å²) >= 11 is 0. The number of hydrogen-bond acceptors (Lipinski definition) is 3. The Balaban J connectivity index is 1.23. The van der Waals surface area contributed by atoms with Crippen molar-refractivity contribution in [3.63, 3.8) is 0 Å². The molecule has 1 saturated heterocycles. The summed E-state index contributed by atoms with van der Waals surface area (Å²) < 4.78 is 5.36. The average molecular weight is 406 g/mol. The third kappa shape index (κ3) is 4.70. The lowest BCUT2D eigenvalue weighted by Gasteiger charge is -2.20. The van der Waals surface area contributed by atoms with Crippen LogP contribution in [0.5, 0.6) is 5.75 Å². The Morgan fingerprint density at radius 2 is 2.10 bits per heavy atom. The van der Waals surface area contributed by atoms with Crippen LogP contribution < -0.4 is 20.3 Å². The number of aliphatic imine (C=N–C) groups is 1. The van der Waals surface area contributed by atoms with Gasteiger partial charge in [-0.1, -0.05) is 24.3 Å². The molecule has 1 aromatic heterocycles. The summed E-state index contributed by atoms with van der Waals surface area (Å²) in [6.45, 7) is 3.90. The molecule has 6 heteroatoms. The normalized spacial score (nSPS) is 16.8. The number of benzene rings is 2. The maximum atomic E-state index is 5.36. The number of aromatic nitrogens is 1. The van der Waals surface area contributed by atoms with Gasteiger partial charge in [0.2, 0.25) is 0 Å². The second-order valence-electron chi connectivity index (χ2n) is 7.79. The zero-order chi connectivity index (χ0) is 20.8. The van der Waals surface area contributed by atoms with Crippen molar-refractivity contribution in [3.8, 4) is 5.75 Å². The van der Waals surface area contributed by atoms with Gasteiger partial charge >= 0.3 is 0 Å². The van der Waals surface area contributed by atoms with Crippen LogP contribution in [-0.2, 0) is 6.42 Å². The molecule has 1 atom stereocenters. The van der Waals surface area contributed by atoms with Gasteiger partial charge in [0.05, 0.1) is 7.11 Å². The van der Waals surface area contributed by atoms with Crippen LogP contribution in [0.2, 0.25) is 0 Å². The fourth-order valence-corrected chi connectivity index (χ4v) is 4.16. The zero-order valence-corrected chi connectivity index (χ0v) is 17.8. The second kappa shape index (κ2) is 9.57. The molecule has 158 valence electrons. The van der Waals surface area contributed by atoms with Crippen LogP contribution in [0, 0.1) is 5.92 Å². The zero-order valence-electron chi connectivity index (χ0n) is 17.8. The number of methoxy groups -OCH3 is 1. The molecule has 4 rings (SSSR count). The van der Waals surface area contributed by atoms with Gasteiger partial charge < -0.3 is 25.3 Å². The van der Waals surface area contributed by atoms with Gasteiger partial charge in [0.25, 0.3) is 0 Å². The second-order valence-corrected chi connectivity index (χ2v) is 7.79. The minimum Gasteiger partial charge on any atom is -0.497 e. The first-order valence-corrected chi connectivity index (χ1v) is 10.7. The molecule has 0 spiro atoms. The minimum atomic E-state index is 0.600. The van der Waals surface area contributed by atoms with E-state index in [4.69, 9.17) is 4.74 Å². The summed E-state index contributed by atoms with van der Waals surface area (Å²) in [7, 11) is 3.55. The predicted molar refractivity (Wildman–Crippen MR) is 125 cm³/mol. The maximum absolute atomic E-state index is 5.36. The Hall–Kier alpha value is -3.15. The number of guanidine groups is 1. The van der Waals surface area contributed by atoms with Crippen LogP contribution in [0.3, 0.4) is 0 Å². The number of nitrogens with zero attached hydrogens (tertiary/aromatic N) is 2. The SMILES string of the molecule is CN=C(NCCc1c[nH]c2ccccc12)NCC1CCN(c2cccc(OC)c2)C1. The van der Waals surface area contributed by atoms with E-state index in [2.05, 4.69) is 74.2 Å². The Morgan fingerprint density at radius 1 is 1.20 bits per heavy atom. The molecule has 6 nitrogen and oxygen atoms in total. The van der Waals surface area contributed by atoms with Gasteiger partial charge in [-0.05, 0) is 42.5 Å². The molecule has 2 heterocycles. The summed E-state index contributed by atoms with van der Waals surface area (Å²) in [5.74, 6) is 2.38. The molecule has 1 aliphatic heterocycles. The van der Waals surface area contributed by atoms with E-state index in [0.717, 1.165) is 44.3 Å². The van der Waals surface area contributed by atoms with Crippen molar-refractivity contribution in [2.24, 2.45) is 10.9 Å². The molecule has 2 aromatic carbocycles. The first kappa shape index (κ1) is 20.1. The van der Waals surface area contributed by atoms with Crippen molar-refractivity contribution >= 4 is 22.5 Å². The standard InChI is InChI=1S/C24H31N5O/c1-25-24(26-12-10-19-16-27-23-9-4-3-8-22(19)23)28-15-18-11-13-29(17-18)20-6-5-7-21(14-20)30-2/h3-9,14,16,18,27H,10-13,15,17H2,1-2H3,(H2,25,26,28). The Bertz CT molecular complexity index is 996. The number of ether oxygens (including phenoxy) is 1. The molecule has 1 unspecified atom stereocenters. The van der Waals surface area contributed by atoms with Crippen LogP contribution in [-0.4, -0.2) is 51.3 Å². The molecule has 1 aliphatic rings. The fraction of sp³-hybridized carbons (Fsp3) is 0.375. The molecule has 0 bridgehead atoms. The largest absolute Gasteiger partial charge is 0.497 e. The third-order valence-corrected chi connectivity index (χ3v) is 5.85. The van der Waals surface area contributed by atoms with E-state index in [1.165, 1.54) is 28.6 Å². The van der Waals surface area contributed by atoms with Crippen molar-refractivity contribution in [3.05, 3.63) is 60.3 Å². The summed E-state index contributed by atoms with van der Waals surface area (Å²) in [5, 5.41) is 8.25. The number of para-hydroxylation sites is 1.